The summed E-state index contributed by atoms with van der Waals surface area (Å²) in [5.74, 6) is 1.43. The standard InChI is InChI=1S/C23H22ClN3O4S/c1-3-31-17-9-6-14(10-18(17)30-2)16-11-19(28)25-21-20(16)22(29)27-23(26-21)32-12-13-4-7-15(24)8-5-13/h4-10,16H,3,11-12H2,1-2H3,(H2,25,26,27,28,29)/t16-/m1/s1. The van der Waals surface area contributed by atoms with Gasteiger partial charge in [-0.3, -0.25) is 9.59 Å². The van der Waals surface area contributed by atoms with Gasteiger partial charge in [-0.2, -0.15) is 0 Å². The lowest BCUT2D eigenvalue weighted by atomic mass is 9.86. The molecule has 32 heavy (non-hydrogen) atoms. The third-order valence-electron chi connectivity index (χ3n) is 5.11. The third-order valence-corrected chi connectivity index (χ3v) is 6.30. The van der Waals surface area contributed by atoms with Crippen LogP contribution in [-0.2, 0) is 10.5 Å². The van der Waals surface area contributed by atoms with Crippen LogP contribution in [0.2, 0.25) is 5.02 Å². The molecular formula is C23H22ClN3O4S. The van der Waals surface area contributed by atoms with E-state index in [2.05, 4.69) is 15.3 Å². The van der Waals surface area contributed by atoms with Crippen molar-refractivity contribution in [2.45, 2.75) is 30.2 Å². The van der Waals surface area contributed by atoms with E-state index in [0.29, 0.717) is 45.4 Å². The Bertz CT molecular complexity index is 1200. The molecule has 0 unspecified atom stereocenters. The number of thioether (sulfide) groups is 1. The number of nitrogens with zero attached hydrogens (tertiary/aromatic N) is 1. The van der Waals surface area contributed by atoms with Crippen LogP contribution in [0.3, 0.4) is 0 Å². The minimum Gasteiger partial charge on any atom is -0.493 e. The van der Waals surface area contributed by atoms with Gasteiger partial charge in [0.05, 0.1) is 19.3 Å². The van der Waals surface area contributed by atoms with Crippen molar-refractivity contribution in [1.29, 1.82) is 0 Å². The zero-order valence-electron chi connectivity index (χ0n) is 17.6. The van der Waals surface area contributed by atoms with Crippen LogP contribution in [0, 0.1) is 0 Å². The van der Waals surface area contributed by atoms with Crippen LogP contribution < -0.4 is 20.3 Å². The number of H-pyrrole nitrogens is 1. The first-order valence-corrected chi connectivity index (χ1v) is 11.5. The smallest absolute Gasteiger partial charge is 0.257 e. The fourth-order valence-corrected chi connectivity index (χ4v) is 4.55. The van der Waals surface area contributed by atoms with Crippen molar-refractivity contribution in [3.05, 3.63) is 74.5 Å². The van der Waals surface area contributed by atoms with Gasteiger partial charge >= 0.3 is 0 Å². The van der Waals surface area contributed by atoms with Crippen molar-refractivity contribution >= 4 is 35.1 Å². The molecule has 1 aromatic heterocycles. The van der Waals surface area contributed by atoms with Crippen LogP contribution in [0.1, 0.15) is 36.0 Å². The SMILES string of the molecule is CCOc1ccc([C@H]2CC(=O)Nc3nc(SCc4ccc(Cl)cc4)[nH]c(=O)c32)cc1OC. The van der Waals surface area contributed by atoms with E-state index in [9.17, 15) is 9.59 Å². The fraction of sp³-hybridized carbons (Fsp3) is 0.261. The van der Waals surface area contributed by atoms with Crippen molar-refractivity contribution in [2.75, 3.05) is 19.0 Å². The largest absolute Gasteiger partial charge is 0.493 e. The molecule has 4 rings (SSSR count). The molecule has 3 aromatic rings. The van der Waals surface area contributed by atoms with E-state index in [1.54, 1.807) is 19.2 Å². The number of carbonyl (C=O) groups is 1. The summed E-state index contributed by atoms with van der Waals surface area (Å²) in [5, 5.41) is 3.85. The lowest BCUT2D eigenvalue weighted by molar-refractivity contribution is -0.116. The van der Waals surface area contributed by atoms with Gasteiger partial charge in [0.15, 0.2) is 16.7 Å². The van der Waals surface area contributed by atoms with Gasteiger partial charge in [0, 0.05) is 23.1 Å². The molecule has 1 aliphatic rings. The van der Waals surface area contributed by atoms with Gasteiger partial charge in [-0.15, -0.1) is 0 Å². The van der Waals surface area contributed by atoms with Gasteiger partial charge in [-0.1, -0.05) is 41.6 Å². The molecule has 0 aliphatic carbocycles. The summed E-state index contributed by atoms with van der Waals surface area (Å²) >= 11 is 7.31. The molecule has 0 bridgehead atoms. The molecule has 0 spiro atoms. The van der Waals surface area contributed by atoms with Crippen LogP contribution >= 0.6 is 23.4 Å². The van der Waals surface area contributed by atoms with Gasteiger partial charge in [0.2, 0.25) is 5.91 Å². The average Bonchev–Trinajstić information content (AvgIpc) is 2.78. The summed E-state index contributed by atoms with van der Waals surface area (Å²) in [7, 11) is 1.56. The minimum atomic E-state index is -0.435. The zero-order valence-corrected chi connectivity index (χ0v) is 19.2. The van der Waals surface area contributed by atoms with Crippen LogP contribution in [0.5, 0.6) is 11.5 Å². The topological polar surface area (TPSA) is 93.3 Å². The van der Waals surface area contributed by atoms with Crippen LogP contribution in [0.4, 0.5) is 5.82 Å². The van der Waals surface area contributed by atoms with E-state index in [1.807, 2.05) is 37.3 Å². The van der Waals surface area contributed by atoms with E-state index < -0.39 is 5.92 Å². The molecule has 2 aromatic carbocycles. The Labute approximate surface area is 194 Å². The van der Waals surface area contributed by atoms with E-state index in [-0.39, 0.29) is 17.9 Å². The van der Waals surface area contributed by atoms with Crippen molar-refractivity contribution in [2.24, 2.45) is 0 Å². The fourth-order valence-electron chi connectivity index (χ4n) is 3.61. The lowest BCUT2D eigenvalue weighted by Crippen LogP contribution is -2.31. The summed E-state index contributed by atoms with van der Waals surface area (Å²) in [4.78, 5) is 32.8. The van der Waals surface area contributed by atoms with Crippen molar-refractivity contribution in [3.8, 4) is 11.5 Å². The molecule has 1 aliphatic heterocycles. The second-order valence-corrected chi connectivity index (χ2v) is 8.60. The highest BCUT2D eigenvalue weighted by Crippen LogP contribution is 2.38. The molecular weight excluding hydrogens is 450 g/mol. The lowest BCUT2D eigenvalue weighted by Gasteiger charge is -2.25. The Hall–Kier alpha value is -2.97. The van der Waals surface area contributed by atoms with Gasteiger partial charge < -0.3 is 19.8 Å². The monoisotopic (exact) mass is 471 g/mol. The van der Waals surface area contributed by atoms with Crippen LogP contribution in [-0.4, -0.2) is 29.6 Å². The number of hydrogen-bond donors (Lipinski definition) is 2. The van der Waals surface area contributed by atoms with Crippen molar-refractivity contribution < 1.29 is 14.3 Å². The Morgan fingerprint density at radius 1 is 1.16 bits per heavy atom. The first kappa shape index (κ1) is 22.2. The van der Waals surface area contributed by atoms with E-state index in [1.165, 1.54) is 11.8 Å². The first-order chi connectivity index (χ1) is 15.5. The average molecular weight is 472 g/mol. The summed E-state index contributed by atoms with van der Waals surface area (Å²) in [6.07, 6.45) is 0.145. The van der Waals surface area contributed by atoms with E-state index in [4.69, 9.17) is 21.1 Å². The van der Waals surface area contributed by atoms with Crippen LogP contribution in [0.25, 0.3) is 0 Å². The Morgan fingerprint density at radius 2 is 1.94 bits per heavy atom. The molecule has 0 fully saturated rings. The van der Waals surface area contributed by atoms with Crippen LogP contribution in [0.15, 0.2) is 52.4 Å². The zero-order chi connectivity index (χ0) is 22.7. The maximum atomic E-state index is 13.0. The molecule has 166 valence electrons. The maximum absolute atomic E-state index is 13.0. The Morgan fingerprint density at radius 3 is 2.66 bits per heavy atom. The number of halogens is 1. The van der Waals surface area contributed by atoms with E-state index >= 15 is 0 Å². The van der Waals surface area contributed by atoms with Gasteiger partial charge in [-0.25, -0.2) is 4.98 Å². The second kappa shape index (κ2) is 9.67. The number of rotatable bonds is 7. The van der Waals surface area contributed by atoms with E-state index in [0.717, 1.165) is 11.1 Å². The third kappa shape index (κ3) is 4.76. The Balaban J connectivity index is 1.64. The number of aromatic amines is 1. The summed E-state index contributed by atoms with van der Waals surface area (Å²) in [5.41, 5.74) is 2.00. The number of aromatic nitrogens is 2. The number of hydrogen-bond acceptors (Lipinski definition) is 6. The molecule has 9 heteroatoms. The number of amides is 1. The van der Waals surface area contributed by atoms with Crippen molar-refractivity contribution in [3.63, 3.8) is 0 Å². The maximum Gasteiger partial charge on any atom is 0.257 e. The first-order valence-electron chi connectivity index (χ1n) is 10.1. The van der Waals surface area contributed by atoms with Gasteiger partial charge in [0.1, 0.15) is 5.82 Å². The highest BCUT2D eigenvalue weighted by molar-refractivity contribution is 7.98. The molecule has 1 amide bonds. The van der Waals surface area contributed by atoms with Gasteiger partial charge in [-0.05, 0) is 42.3 Å². The molecule has 0 saturated heterocycles. The number of methoxy groups -OCH3 is 1. The number of benzene rings is 2. The summed E-state index contributed by atoms with van der Waals surface area (Å²) in [6.45, 7) is 2.40. The molecule has 1 atom stereocenters. The highest BCUT2D eigenvalue weighted by Gasteiger charge is 2.31. The number of carbonyl (C=O) groups excluding carboxylic acids is 1. The summed E-state index contributed by atoms with van der Waals surface area (Å²) in [6, 6.07) is 12.9. The number of ether oxygens (including phenoxy) is 2. The second-order valence-electron chi connectivity index (χ2n) is 7.20. The highest BCUT2D eigenvalue weighted by atomic mass is 35.5. The number of fused-ring (bicyclic) bond motifs is 1. The number of nitrogens with one attached hydrogen (secondary N) is 2. The summed E-state index contributed by atoms with van der Waals surface area (Å²) < 4.78 is 11.0. The minimum absolute atomic E-state index is 0.145. The van der Waals surface area contributed by atoms with Crippen molar-refractivity contribution in [1.82, 2.24) is 9.97 Å². The molecule has 7 nitrogen and oxygen atoms in total. The molecule has 0 saturated carbocycles. The van der Waals surface area contributed by atoms with Gasteiger partial charge in [0.25, 0.3) is 5.56 Å². The normalized spacial score (nSPS) is 15.1. The Kier molecular flexibility index (Phi) is 6.72. The predicted octanol–water partition coefficient (Wildman–Crippen LogP) is 4.60. The molecule has 2 N–H and O–H groups in total. The predicted molar refractivity (Wildman–Crippen MR) is 125 cm³/mol. The number of anilines is 1. The quantitative estimate of drug-likeness (QED) is 0.386. The molecule has 2 heterocycles. The molecule has 0 radical (unpaired) electrons.